The highest BCUT2D eigenvalue weighted by Crippen LogP contribution is 2.38. The number of rotatable bonds is 26. The molecule has 0 radical (unpaired) electrons. The number of hydrogen-bond acceptors (Lipinski definition) is 30. The van der Waals surface area contributed by atoms with Crippen LogP contribution in [-0.2, 0) is 47.8 Å². The van der Waals surface area contributed by atoms with Gasteiger partial charge in [-0.1, -0.05) is 121 Å². The topological polar surface area (TPSA) is 411 Å². The number of ether oxygens (including phenoxy) is 6. The molecule has 36 nitrogen and oxygen atoms in total. The van der Waals surface area contributed by atoms with Gasteiger partial charge in [-0.15, -0.1) is 0 Å². The second kappa shape index (κ2) is 44.0. The molecule has 4 fully saturated rings. The zero-order valence-corrected chi connectivity index (χ0v) is 69.0. The van der Waals surface area contributed by atoms with Gasteiger partial charge in [0, 0.05) is 163 Å². The SMILES string of the molecule is CCOC(=O)COc1ccnc(N2CCC(C(=O)N3N=CC[C@H]3c3ccccc3)CC2)n1.CCOC(=O)COc1nccc(N2CCC(C(=O)N3N=CC[C@H]3c3ccccc3)CC2)n1.O=C(O)COc1ccnc(N2CCC(C(=O)N3N=CC[C@H]3c3ccccc3)CC2)n1.O=C(O)COc1nccc(N2CCC(C(=O)N3N=CC[C@H]3c3ccccc3)CC2)n1. The first kappa shape index (κ1) is 87.8. The van der Waals surface area contributed by atoms with Crippen molar-refractivity contribution in [3.8, 4) is 23.8 Å². The number of anilines is 4. The Morgan fingerprint density at radius 3 is 0.911 bits per heavy atom. The van der Waals surface area contributed by atoms with E-state index in [-0.39, 0.29) is 103 Å². The summed E-state index contributed by atoms with van der Waals surface area (Å²) < 4.78 is 30.6. The Labute approximate surface area is 716 Å². The van der Waals surface area contributed by atoms with Crippen LogP contribution in [0.1, 0.15) is 137 Å². The highest BCUT2D eigenvalue weighted by molar-refractivity contribution is 5.85. The van der Waals surface area contributed by atoms with Crippen LogP contribution in [0.5, 0.6) is 23.8 Å². The van der Waals surface area contributed by atoms with E-state index in [2.05, 4.69) is 70.1 Å². The summed E-state index contributed by atoms with van der Waals surface area (Å²) in [7, 11) is 0. The average molecular weight is 1690 g/mol. The van der Waals surface area contributed by atoms with Crippen molar-refractivity contribution in [3.63, 3.8) is 0 Å². The van der Waals surface area contributed by atoms with Crippen LogP contribution in [0.15, 0.2) is 191 Å². The fraction of sp³-hybridized carbons (Fsp3) is 0.409. The van der Waals surface area contributed by atoms with Crippen LogP contribution in [0.3, 0.4) is 0 Å². The molecule has 16 rings (SSSR count). The maximum atomic E-state index is 13.2. The molecular weight excluding hydrogens is 1590 g/mol. The standard InChI is InChI=1S/2C23H27N5O4.2C21H23N5O4/c1-2-31-21(29)16-32-20-9-12-24-23(26-20)27-14-10-18(11-15-27)22(30)28-19(8-13-25-28)17-6-4-3-5-7-17;1-2-31-21(29)16-32-23-24-12-9-20(26-23)27-14-10-18(11-15-27)22(30)28-19(8-13-25-28)17-6-4-3-5-7-17;27-19(28)14-30-18-7-10-22-21(24-18)25-12-8-16(9-13-25)20(29)26-17(6-11-23-26)15-4-2-1-3-5-15;27-19(28)14-30-21-22-10-7-18(24-21)25-12-8-16(9-13-25)20(29)26-17(6-11-23-26)15-4-2-1-3-5-15/h2*3-7,9,12-13,18-19H,2,8,10-11,14-16H2,1H3;2*1-5,7,10-11,16-17H,6,8-9,12-14H2,(H,27,28)/t2*19-;2*17-/m0000/s1. The number of aliphatic carboxylic acids is 2. The van der Waals surface area contributed by atoms with Crippen LogP contribution >= 0.6 is 0 Å². The summed E-state index contributed by atoms with van der Waals surface area (Å²) in [6.07, 6.45) is 22.1. The van der Waals surface area contributed by atoms with E-state index < -0.39 is 37.1 Å². The molecule has 648 valence electrons. The van der Waals surface area contributed by atoms with Crippen LogP contribution in [0.4, 0.5) is 23.5 Å². The van der Waals surface area contributed by atoms with Crippen molar-refractivity contribution >= 4 is 95.9 Å². The average Bonchev–Trinajstić information content (AvgIpc) is 1.58. The molecular formula is C88H100N20O16. The summed E-state index contributed by atoms with van der Waals surface area (Å²) in [6, 6.07) is 46.7. The van der Waals surface area contributed by atoms with Crippen molar-refractivity contribution in [2.75, 3.05) is 112 Å². The van der Waals surface area contributed by atoms with E-state index in [1.807, 2.05) is 150 Å². The van der Waals surface area contributed by atoms with Gasteiger partial charge in [0.1, 0.15) is 11.6 Å². The molecule has 8 aliphatic rings. The second-order valence-corrected chi connectivity index (χ2v) is 30.0. The van der Waals surface area contributed by atoms with Gasteiger partial charge >= 0.3 is 35.9 Å². The summed E-state index contributed by atoms with van der Waals surface area (Å²) >= 11 is 0. The number of carbonyl (C=O) groups excluding carboxylic acids is 6. The van der Waals surface area contributed by atoms with E-state index in [1.54, 1.807) is 83.1 Å². The molecule has 4 aromatic carbocycles. The Balaban J connectivity index is 0.000000142. The van der Waals surface area contributed by atoms with E-state index in [1.165, 1.54) is 6.07 Å². The minimum absolute atomic E-state index is 0.0253. The molecule has 4 saturated heterocycles. The lowest BCUT2D eigenvalue weighted by Gasteiger charge is -2.34. The van der Waals surface area contributed by atoms with Crippen molar-refractivity contribution in [3.05, 3.63) is 193 Å². The number of esters is 2. The molecule has 4 aromatic heterocycles. The smallest absolute Gasteiger partial charge is 0.344 e. The quantitative estimate of drug-likeness (QED) is 0.0476. The molecule has 4 atom stereocenters. The Bertz CT molecular complexity index is 4710. The van der Waals surface area contributed by atoms with Crippen LogP contribution in [0, 0.1) is 23.7 Å². The summed E-state index contributed by atoms with van der Waals surface area (Å²) in [6.45, 7) is 8.02. The molecule has 124 heavy (non-hydrogen) atoms. The lowest BCUT2D eigenvalue weighted by Crippen LogP contribution is -2.41. The minimum atomic E-state index is -1.08. The highest BCUT2D eigenvalue weighted by Gasteiger charge is 2.40. The monoisotopic (exact) mass is 1690 g/mol. The third kappa shape index (κ3) is 23.8. The number of hydrogen-bond donors (Lipinski definition) is 2. The summed E-state index contributed by atoms with van der Waals surface area (Å²) in [5, 5.41) is 41.5. The molecule has 8 aliphatic heterocycles. The van der Waals surface area contributed by atoms with Crippen molar-refractivity contribution in [2.45, 2.75) is 115 Å². The first-order valence-electron chi connectivity index (χ1n) is 41.7. The van der Waals surface area contributed by atoms with Gasteiger partial charge in [0.25, 0.3) is 0 Å². The highest BCUT2D eigenvalue weighted by atomic mass is 16.6. The molecule has 12 heterocycles. The zero-order chi connectivity index (χ0) is 86.5. The summed E-state index contributed by atoms with van der Waals surface area (Å²) in [5.74, 6) is -0.218. The van der Waals surface area contributed by atoms with E-state index in [9.17, 15) is 38.4 Å². The first-order valence-corrected chi connectivity index (χ1v) is 41.7. The summed E-state index contributed by atoms with van der Waals surface area (Å²) in [5.41, 5.74) is 4.39. The molecule has 0 spiro atoms. The van der Waals surface area contributed by atoms with Gasteiger partial charge in [0.05, 0.1) is 37.4 Å². The first-order chi connectivity index (χ1) is 60.5. The number of nitrogens with zero attached hydrogens (tertiary/aromatic N) is 20. The zero-order valence-electron chi connectivity index (χ0n) is 69.0. The van der Waals surface area contributed by atoms with Gasteiger partial charge < -0.3 is 58.2 Å². The molecule has 36 heteroatoms. The number of benzene rings is 4. The largest absolute Gasteiger partial charge is 0.479 e. The predicted molar refractivity (Wildman–Crippen MR) is 455 cm³/mol. The number of aromatic nitrogens is 8. The van der Waals surface area contributed by atoms with Crippen molar-refractivity contribution in [2.24, 2.45) is 44.1 Å². The molecule has 4 amide bonds. The van der Waals surface area contributed by atoms with E-state index in [0.717, 1.165) is 60.8 Å². The van der Waals surface area contributed by atoms with Gasteiger partial charge in [0.2, 0.25) is 47.3 Å². The van der Waals surface area contributed by atoms with Crippen LogP contribution in [-0.4, -0.2) is 234 Å². The lowest BCUT2D eigenvalue weighted by atomic mass is 9.94. The Kier molecular flexibility index (Phi) is 31.2. The Morgan fingerprint density at radius 1 is 0.331 bits per heavy atom. The summed E-state index contributed by atoms with van der Waals surface area (Å²) in [4.78, 5) is 139. The third-order valence-electron chi connectivity index (χ3n) is 22.0. The number of amides is 4. The van der Waals surface area contributed by atoms with E-state index in [0.29, 0.717) is 134 Å². The lowest BCUT2D eigenvalue weighted by molar-refractivity contribution is -0.146. The third-order valence-corrected chi connectivity index (χ3v) is 22.0. The number of carbonyl (C=O) groups is 8. The maximum absolute atomic E-state index is 13.2. The normalized spacial score (nSPS) is 18.9. The maximum Gasteiger partial charge on any atom is 0.344 e. The van der Waals surface area contributed by atoms with Gasteiger partial charge in [-0.2, -0.15) is 40.3 Å². The van der Waals surface area contributed by atoms with Crippen molar-refractivity contribution in [1.29, 1.82) is 0 Å². The number of carboxylic acids is 2. The molecule has 2 N–H and O–H groups in total. The van der Waals surface area contributed by atoms with E-state index in [4.69, 9.17) is 38.6 Å². The number of carboxylic acid groups (broad SMARTS) is 2. The van der Waals surface area contributed by atoms with Gasteiger partial charge in [0.15, 0.2) is 26.4 Å². The van der Waals surface area contributed by atoms with Crippen LogP contribution in [0.2, 0.25) is 0 Å². The molecule has 0 bridgehead atoms. The van der Waals surface area contributed by atoms with Crippen LogP contribution in [0.25, 0.3) is 0 Å². The minimum Gasteiger partial charge on any atom is -0.479 e. The molecule has 8 aromatic rings. The number of hydrazone groups is 4. The fourth-order valence-corrected chi connectivity index (χ4v) is 15.6. The van der Waals surface area contributed by atoms with Crippen molar-refractivity contribution in [1.82, 2.24) is 59.9 Å². The molecule has 0 saturated carbocycles. The number of piperidine rings is 4. The van der Waals surface area contributed by atoms with Gasteiger partial charge in [-0.05, 0) is 99.6 Å². The molecule has 0 unspecified atom stereocenters. The van der Waals surface area contributed by atoms with Gasteiger partial charge in [-0.3, -0.25) is 19.2 Å². The predicted octanol–water partition coefficient (Wildman–Crippen LogP) is 9.42. The fourth-order valence-electron chi connectivity index (χ4n) is 15.6. The van der Waals surface area contributed by atoms with Crippen molar-refractivity contribution < 1.29 is 77.0 Å². The Morgan fingerprint density at radius 2 is 0.605 bits per heavy atom. The van der Waals surface area contributed by atoms with E-state index >= 15 is 0 Å². The van der Waals surface area contributed by atoms with Crippen LogP contribution < -0.4 is 38.5 Å². The van der Waals surface area contributed by atoms with Gasteiger partial charge in [-0.25, -0.2) is 59.1 Å². The molecule has 0 aliphatic carbocycles. The Hall–Kier alpha value is -14.0. The second-order valence-electron chi connectivity index (χ2n) is 30.0.